The molecule has 0 radical (unpaired) electrons. The van der Waals surface area contributed by atoms with E-state index in [0.717, 1.165) is 31.9 Å². The van der Waals surface area contributed by atoms with Crippen LogP contribution in [-0.4, -0.2) is 64.3 Å². The number of aryl methyl sites for hydroxylation is 1. The van der Waals surface area contributed by atoms with Crippen molar-refractivity contribution in [3.8, 4) is 5.75 Å². The van der Waals surface area contributed by atoms with E-state index in [0.29, 0.717) is 29.5 Å². The molecule has 6 nitrogen and oxygen atoms in total. The molecule has 0 N–H and O–H groups in total. The Balaban J connectivity index is 1.50. The fourth-order valence-corrected chi connectivity index (χ4v) is 5.63. The lowest BCUT2D eigenvalue weighted by atomic mass is 9.75. The fraction of sp³-hybridized carbons (Fsp3) is 0.545. The van der Waals surface area contributed by atoms with E-state index in [1.165, 1.54) is 18.4 Å². The maximum absolute atomic E-state index is 13.4. The molecule has 5 heterocycles. The number of methoxy groups -OCH3 is 1. The minimum Gasteiger partial charge on any atom is -0.497 e. The Kier molecular flexibility index (Phi) is 4.38. The number of hydrogen-bond acceptors (Lipinski definition) is 4. The minimum absolute atomic E-state index is 0.133. The Hall–Kier alpha value is -2.34. The molecular weight excluding hydrogens is 352 g/mol. The average Bonchev–Trinajstić information content (AvgIpc) is 3.40. The maximum atomic E-state index is 13.4. The number of rotatable bonds is 4. The van der Waals surface area contributed by atoms with Crippen LogP contribution in [0.5, 0.6) is 5.75 Å². The van der Waals surface area contributed by atoms with E-state index < -0.39 is 0 Å². The van der Waals surface area contributed by atoms with Crippen LogP contribution in [0.4, 0.5) is 0 Å². The Morgan fingerprint density at radius 3 is 2.79 bits per heavy atom. The van der Waals surface area contributed by atoms with Gasteiger partial charge >= 0.3 is 0 Å². The number of piperidine rings is 3. The number of carbonyl (C=O) groups excluding carboxylic acids is 1. The number of benzene rings is 1. The molecule has 0 unspecified atom stereocenters. The number of aromatic nitrogens is 2. The van der Waals surface area contributed by atoms with Gasteiger partial charge in [-0.25, -0.2) is 0 Å². The summed E-state index contributed by atoms with van der Waals surface area (Å²) in [6, 6.07) is 9.10. The molecule has 0 spiro atoms. The van der Waals surface area contributed by atoms with Gasteiger partial charge in [0.25, 0.3) is 5.91 Å². The molecule has 28 heavy (non-hydrogen) atoms. The first-order valence-corrected chi connectivity index (χ1v) is 10.4. The van der Waals surface area contributed by atoms with Crippen molar-refractivity contribution in [1.29, 1.82) is 0 Å². The lowest BCUT2D eigenvalue weighted by Gasteiger charge is -2.51. The van der Waals surface area contributed by atoms with Gasteiger partial charge in [-0.1, -0.05) is 12.1 Å². The summed E-state index contributed by atoms with van der Waals surface area (Å²) in [6.45, 7) is 5.90. The highest BCUT2D eigenvalue weighted by Crippen LogP contribution is 2.47. The molecule has 4 aliphatic heterocycles. The van der Waals surface area contributed by atoms with Crippen molar-refractivity contribution < 1.29 is 9.53 Å². The second kappa shape index (κ2) is 6.92. The predicted molar refractivity (Wildman–Crippen MR) is 107 cm³/mol. The highest BCUT2D eigenvalue weighted by atomic mass is 16.5. The number of hydrogen-bond donors (Lipinski definition) is 0. The van der Waals surface area contributed by atoms with Gasteiger partial charge < -0.3 is 9.64 Å². The predicted octanol–water partition coefficient (Wildman–Crippen LogP) is 2.61. The third-order valence-corrected chi connectivity index (χ3v) is 6.98. The number of fused-ring (bicyclic) bond motifs is 2. The number of ether oxygens (including phenoxy) is 1. The van der Waals surface area contributed by atoms with Crippen molar-refractivity contribution >= 4 is 5.91 Å². The first-order chi connectivity index (χ1) is 13.7. The SMILES string of the molecule is CCn1cc(C(=O)N2C[C@H](c3cccc(OC)c3)[C@@H]3[C@H]2C2CCN3CC2)cn1. The van der Waals surface area contributed by atoms with Crippen LogP contribution >= 0.6 is 0 Å². The zero-order valence-corrected chi connectivity index (χ0v) is 16.6. The molecule has 4 saturated heterocycles. The summed E-state index contributed by atoms with van der Waals surface area (Å²) < 4.78 is 7.30. The molecule has 3 atom stereocenters. The molecule has 2 aromatic rings. The van der Waals surface area contributed by atoms with Gasteiger partial charge in [0.2, 0.25) is 0 Å². The number of nitrogens with zero attached hydrogens (tertiary/aromatic N) is 4. The fourth-order valence-electron chi connectivity index (χ4n) is 5.63. The summed E-state index contributed by atoms with van der Waals surface area (Å²) in [4.78, 5) is 18.2. The third-order valence-electron chi connectivity index (χ3n) is 6.98. The van der Waals surface area contributed by atoms with E-state index in [2.05, 4.69) is 33.1 Å². The summed E-state index contributed by atoms with van der Waals surface area (Å²) in [7, 11) is 1.71. The summed E-state index contributed by atoms with van der Waals surface area (Å²) >= 11 is 0. The van der Waals surface area contributed by atoms with Crippen LogP contribution in [0, 0.1) is 5.92 Å². The molecule has 1 aromatic carbocycles. The zero-order valence-electron chi connectivity index (χ0n) is 16.6. The minimum atomic E-state index is 0.133. The Labute approximate surface area is 166 Å². The molecule has 148 valence electrons. The van der Waals surface area contributed by atoms with Crippen LogP contribution in [-0.2, 0) is 6.54 Å². The Morgan fingerprint density at radius 1 is 1.25 bits per heavy atom. The van der Waals surface area contributed by atoms with Gasteiger partial charge in [-0.05, 0) is 56.5 Å². The van der Waals surface area contributed by atoms with Gasteiger partial charge in [-0.3, -0.25) is 14.4 Å². The standard InChI is InChI=1S/C22H28N4O2/c1-3-25-13-17(12-23-25)22(27)26-14-19(16-5-4-6-18(11-16)28-2)21-20(26)15-7-9-24(21)10-8-15/h4-6,11-13,15,19-21H,3,7-10,14H2,1-2H3/t19-,20-,21-/m1/s1. The van der Waals surface area contributed by atoms with Crippen molar-refractivity contribution in [2.24, 2.45) is 5.92 Å². The second-order valence-corrected chi connectivity index (χ2v) is 8.28. The van der Waals surface area contributed by atoms with E-state index in [1.807, 2.05) is 23.9 Å². The Bertz CT molecular complexity index is 871. The molecule has 1 aromatic heterocycles. The summed E-state index contributed by atoms with van der Waals surface area (Å²) in [5.74, 6) is 1.96. The van der Waals surface area contributed by atoms with E-state index in [1.54, 1.807) is 13.3 Å². The van der Waals surface area contributed by atoms with Crippen LogP contribution in [0.15, 0.2) is 36.7 Å². The van der Waals surface area contributed by atoms with Crippen molar-refractivity contribution in [3.05, 3.63) is 47.8 Å². The van der Waals surface area contributed by atoms with E-state index in [-0.39, 0.29) is 5.91 Å². The molecule has 4 fully saturated rings. The lowest BCUT2D eigenvalue weighted by Crippen LogP contribution is -2.60. The van der Waals surface area contributed by atoms with Gasteiger partial charge in [0.05, 0.1) is 24.9 Å². The van der Waals surface area contributed by atoms with Crippen LogP contribution in [0.25, 0.3) is 0 Å². The van der Waals surface area contributed by atoms with E-state index in [4.69, 9.17) is 4.74 Å². The second-order valence-electron chi connectivity index (χ2n) is 8.28. The summed E-state index contributed by atoms with van der Waals surface area (Å²) in [5, 5.41) is 4.32. The molecule has 0 aliphatic carbocycles. The summed E-state index contributed by atoms with van der Waals surface area (Å²) in [5.41, 5.74) is 1.99. The van der Waals surface area contributed by atoms with Gasteiger partial charge in [0, 0.05) is 31.2 Å². The molecule has 4 aliphatic rings. The van der Waals surface area contributed by atoms with Gasteiger partial charge in [-0.2, -0.15) is 5.10 Å². The van der Waals surface area contributed by atoms with Crippen LogP contribution in [0.3, 0.4) is 0 Å². The van der Waals surface area contributed by atoms with Gasteiger partial charge in [-0.15, -0.1) is 0 Å². The molecule has 0 saturated carbocycles. The molecule has 1 amide bonds. The van der Waals surface area contributed by atoms with Gasteiger partial charge in [0.1, 0.15) is 5.75 Å². The molecular formula is C22H28N4O2. The summed E-state index contributed by atoms with van der Waals surface area (Å²) in [6.07, 6.45) is 6.01. The highest BCUT2D eigenvalue weighted by Gasteiger charge is 2.54. The monoisotopic (exact) mass is 380 g/mol. The largest absolute Gasteiger partial charge is 0.497 e. The van der Waals surface area contributed by atoms with Crippen molar-refractivity contribution in [1.82, 2.24) is 19.6 Å². The first-order valence-electron chi connectivity index (χ1n) is 10.4. The van der Waals surface area contributed by atoms with Crippen LogP contribution in [0.1, 0.15) is 41.6 Å². The van der Waals surface area contributed by atoms with Crippen LogP contribution in [0.2, 0.25) is 0 Å². The van der Waals surface area contributed by atoms with E-state index >= 15 is 0 Å². The maximum Gasteiger partial charge on any atom is 0.257 e. The zero-order chi connectivity index (χ0) is 19.3. The smallest absolute Gasteiger partial charge is 0.257 e. The van der Waals surface area contributed by atoms with E-state index in [9.17, 15) is 4.79 Å². The quantitative estimate of drug-likeness (QED) is 0.818. The van der Waals surface area contributed by atoms with Crippen molar-refractivity contribution in [2.45, 2.75) is 44.3 Å². The first kappa shape index (κ1) is 17.7. The number of likely N-dealkylation sites (tertiary alicyclic amines) is 1. The Morgan fingerprint density at radius 2 is 2.07 bits per heavy atom. The normalized spacial score (nSPS) is 31.1. The average molecular weight is 380 g/mol. The lowest BCUT2D eigenvalue weighted by molar-refractivity contribution is -0.00341. The topological polar surface area (TPSA) is 50.6 Å². The van der Waals surface area contributed by atoms with Crippen molar-refractivity contribution in [3.63, 3.8) is 0 Å². The van der Waals surface area contributed by atoms with Crippen LogP contribution < -0.4 is 4.74 Å². The van der Waals surface area contributed by atoms with Crippen molar-refractivity contribution in [2.75, 3.05) is 26.7 Å². The van der Waals surface area contributed by atoms with Gasteiger partial charge in [0.15, 0.2) is 0 Å². The number of amides is 1. The molecule has 6 heteroatoms. The number of carbonyl (C=O) groups is 1. The highest BCUT2D eigenvalue weighted by molar-refractivity contribution is 5.94. The molecule has 6 rings (SSSR count). The third kappa shape index (κ3) is 2.73. The molecule has 2 bridgehead atoms.